The van der Waals surface area contributed by atoms with Gasteiger partial charge in [0.2, 0.25) is 6.10 Å². The molecule has 0 saturated heterocycles. The summed E-state index contributed by atoms with van der Waals surface area (Å²) in [7, 11) is 0. The highest BCUT2D eigenvalue weighted by Gasteiger charge is 2.43. The molecule has 3 unspecified atom stereocenters. The third-order valence-electron chi connectivity index (χ3n) is 4.92. The van der Waals surface area contributed by atoms with Gasteiger partial charge in [0, 0.05) is 32.6 Å². The smallest absolute Gasteiger partial charge is 0.341 e. The molecule has 198 valence electrons. The average molecular weight is 528 g/mol. The number of fused-ring (bicyclic) bond motifs is 1. The van der Waals surface area contributed by atoms with E-state index in [9.17, 15) is 28.8 Å². The molecule has 0 spiro atoms. The molecule has 0 aromatic carbocycles. The lowest BCUT2D eigenvalue weighted by molar-refractivity contribution is -0.190. The normalized spacial score (nSPS) is 14.5. The van der Waals surface area contributed by atoms with E-state index < -0.39 is 60.7 Å². The minimum absolute atomic E-state index is 0.127. The fourth-order valence-electron chi connectivity index (χ4n) is 3.68. The van der Waals surface area contributed by atoms with Crippen LogP contribution >= 0.6 is 11.3 Å². The first-order chi connectivity index (χ1) is 16.9. The van der Waals surface area contributed by atoms with Crippen LogP contribution in [0.1, 0.15) is 61.8 Å². The summed E-state index contributed by atoms with van der Waals surface area (Å²) in [5, 5.41) is 2.76. The van der Waals surface area contributed by atoms with Crippen molar-refractivity contribution in [1.29, 1.82) is 0 Å². The Kier molecular flexibility index (Phi) is 10.4. The Morgan fingerprint density at radius 2 is 1.50 bits per heavy atom. The molecule has 1 heterocycles. The number of amides is 1. The number of rotatable bonds is 11. The number of hydrogen-bond acceptors (Lipinski definition) is 12. The lowest BCUT2D eigenvalue weighted by Gasteiger charge is -2.30. The number of ether oxygens (including phenoxy) is 5. The number of aryl methyl sites for hydroxylation is 1. The van der Waals surface area contributed by atoms with Gasteiger partial charge in [-0.2, -0.15) is 0 Å². The number of nitrogens with one attached hydrogen (secondary N) is 1. The first-order valence-corrected chi connectivity index (χ1v) is 12.0. The van der Waals surface area contributed by atoms with Gasteiger partial charge in [-0.15, -0.1) is 11.3 Å². The molecule has 1 aromatic heterocycles. The maximum Gasteiger partial charge on any atom is 0.341 e. The second-order valence-electron chi connectivity index (χ2n) is 7.83. The molecule has 1 aliphatic carbocycles. The molecule has 1 aromatic rings. The van der Waals surface area contributed by atoms with Crippen LogP contribution in [0.2, 0.25) is 0 Å². The summed E-state index contributed by atoms with van der Waals surface area (Å²) in [5.74, 6) is -4.91. The number of esters is 5. The lowest BCUT2D eigenvalue weighted by atomic mass is 10.1. The molecule has 0 radical (unpaired) electrons. The standard InChI is InChI=1S/C23H29NO11S/c1-6-31-23(30)18-15-8-7-9-17(15)36-22(18)24-21(29)20(35-14(5)28)19(34-13(4)27)16(33-12(3)26)10-32-11(2)25/h16,19-20H,6-10H2,1-5H3,(H,24,29). The van der Waals surface area contributed by atoms with Crippen LogP contribution < -0.4 is 5.32 Å². The summed E-state index contributed by atoms with van der Waals surface area (Å²) in [5.41, 5.74) is 0.992. The van der Waals surface area contributed by atoms with Crippen molar-refractivity contribution >= 4 is 52.1 Å². The second kappa shape index (κ2) is 13.0. The molecule has 0 fully saturated rings. The van der Waals surface area contributed by atoms with E-state index in [1.165, 1.54) is 11.3 Å². The fraction of sp³-hybridized carbons (Fsp3) is 0.565. The van der Waals surface area contributed by atoms with Crippen LogP contribution in [0.5, 0.6) is 0 Å². The second-order valence-corrected chi connectivity index (χ2v) is 8.93. The minimum atomic E-state index is -1.82. The van der Waals surface area contributed by atoms with E-state index in [-0.39, 0.29) is 17.2 Å². The highest BCUT2D eigenvalue weighted by molar-refractivity contribution is 7.17. The van der Waals surface area contributed by atoms with E-state index >= 15 is 0 Å². The Balaban J connectivity index is 2.46. The van der Waals surface area contributed by atoms with Crippen molar-refractivity contribution in [3.05, 3.63) is 16.0 Å². The Hall–Kier alpha value is -3.48. The van der Waals surface area contributed by atoms with Crippen molar-refractivity contribution in [2.45, 2.75) is 72.2 Å². The maximum atomic E-state index is 13.4. The average Bonchev–Trinajstić information content (AvgIpc) is 3.33. The van der Waals surface area contributed by atoms with Gasteiger partial charge in [0.1, 0.15) is 11.6 Å². The van der Waals surface area contributed by atoms with Gasteiger partial charge < -0.3 is 29.0 Å². The molecule has 1 aliphatic rings. The van der Waals surface area contributed by atoms with Crippen LogP contribution in [-0.4, -0.2) is 67.3 Å². The molecule has 2 rings (SSSR count). The zero-order valence-electron chi connectivity index (χ0n) is 20.7. The Bertz CT molecular complexity index is 1030. The van der Waals surface area contributed by atoms with E-state index in [0.29, 0.717) is 6.42 Å². The third-order valence-corrected chi connectivity index (χ3v) is 6.13. The molecular weight excluding hydrogens is 498 g/mol. The molecular formula is C23H29NO11S. The summed E-state index contributed by atoms with van der Waals surface area (Å²) in [6, 6.07) is 0. The lowest BCUT2D eigenvalue weighted by Crippen LogP contribution is -2.52. The van der Waals surface area contributed by atoms with Gasteiger partial charge in [0.15, 0.2) is 12.2 Å². The van der Waals surface area contributed by atoms with Gasteiger partial charge in [-0.3, -0.25) is 24.0 Å². The van der Waals surface area contributed by atoms with Crippen molar-refractivity contribution in [2.75, 3.05) is 18.5 Å². The number of anilines is 1. The molecule has 0 saturated carbocycles. The van der Waals surface area contributed by atoms with Crippen molar-refractivity contribution in [3.8, 4) is 0 Å². The van der Waals surface area contributed by atoms with Crippen molar-refractivity contribution in [3.63, 3.8) is 0 Å². The molecule has 1 N–H and O–H groups in total. The highest BCUT2D eigenvalue weighted by Crippen LogP contribution is 2.39. The molecule has 1 amide bonds. The Morgan fingerprint density at radius 3 is 2.06 bits per heavy atom. The summed E-state index contributed by atoms with van der Waals surface area (Å²) in [6.45, 7) is 5.43. The van der Waals surface area contributed by atoms with Crippen LogP contribution in [0.3, 0.4) is 0 Å². The van der Waals surface area contributed by atoms with Crippen molar-refractivity contribution < 1.29 is 52.5 Å². The van der Waals surface area contributed by atoms with Crippen LogP contribution in [0.15, 0.2) is 0 Å². The predicted octanol–water partition coefficient (Wildman–Crippen LogP) is 1.71. The van der Waals surface area contributed by atoms with Crippen LogP contribution in [-0.2, 0) is 60.5 Å². The Labute approximate surface area is 211 Å². The van der Waals surface area contributed by atoms with Crippen LogP contribution in [0, 0.1) is 0 Å². The van der Waals surface area contributed by atoms with Gasteiger partial charge in [-0.25, -0.2) is 4.79 Å². The van der Waals surface area contributed by atoms with Gasteiger partial charge in [0.25, 0.3) is 5.91 Å². The first-order valence-electron chi connectivity index (χ1n) is 11.2. The van der Waals surface area contributed by atoms with Crippen molar-refractivity contribution in [2.24, 2.45) is 0 Å². The van der Waals surface area contributed by atoms with Gasteiger partial charge in [-0.05, 0) is 31.7 Å². The van der Waals surface area contributed by atoms with E-state index in [2.05, 4.69) is 5.32 Å². The molecule has 12 nitrogen and oxygen atoms in total. The van der Waals surface area contributed by atoms with E-state index in [1.807, 2.05) is 0 Å². The monoisotopic (exact) mass is 527 g/mol. The number of carbonyl (C=O) groups is 6. The minimum Gasteiger partial charge on any atom is -0.462 e. The number of carbonyl (C=O) groups excluding carboxylic acids is 6. The molecule has 0 bridgehead atoms. The SMILES string of the molecule is CCOC(=O)c1c(NC(=O)C(OC(C)=O)C(OC(C)=O)C(COC(C)=O)OC(C)=O)sc2c1CCC2. The molecule has 3 atom stereocenters. The zero-order valence-corrected chi connectivity index (χ0v) is 21.5. The molecule has 0 aliphatic heterocycles. The maximum absolute atomic E-state index is 13.4. The van der Waals surface area contributed by atoms with Gasteiger partial charge >= 0.3 is 29.8 Å². The molecule has 13 heteroatoms. The summed E-state index contributed by atoms with van der Waals surface area (Å²) in [6.07, 6.45) is -2.76. The van der Waals surface area contributed by atoms with Gasteiger partial charge in [-0.1, -0.05) is 0 Å². The van der Waals surface area contributed by atoms with E-state index in [4.69, 9.17) is 23.7 Å². The fourth-order valence-corrected chi connectivity index (χ4v) is 4.96. The topological polar surface area (TPSA) is 161 Å². The highest BCUT2D eigenvalue weighted by atomic mass is 32.1. The summed E-state index contributed by atoms with van der Waals surface area (Å²) >= 11 is 1.19. The van der Waals surface area contributed by atoms with Crippen LogP contribution in [0.25, 0.3) is 0 Å². The zero-order chi connectivity index (χ0) is 27.0. The largest absolute Gasteiger partial charge is 0.462 e. The summed E-state index contributed by atoms with van der Waals surface area (Å²) in [4.78, 5) is 73.7. The Morgan fingerprint density at radius 1 is 0.861 bits per heavy atom. The van der Waals surface area contributed by atoms with E-state index in [1.54, 1.807) is 6.92 Å². The quantitative estimate of drug-likeness (QED) is 0.329. The number of thiophene rings is 1. The third kappa shape index (κ3) is 7.77. The first kappa shape index (κ1) is 28.8. The van der Waals surface area contributed by atoms with Gasteiger partial charge in [0.05, 0.1) is 12.2 Å². The summed E-state index contributed by atoms with van der Waals surface area (Å²) < 4.78 is 25.6. The van der Waals surface area contributed by atoms with E-state index in [0.717, 1.165) is 51.0 Å². The molecule has 36 heavy (non-hydrogen) atoms. The number of hydrogen-bond donors (Lipinski definition) is 1. The van der Waals surface area contributed by atoms with Crippen molar-refractivity contribution in [1.82, 2.24) is 0 Å². The predicted molar refractivity (Wildman–Crippen MR) is 124 cm³/mol. The van der Waals surface area contributed by atoms with Crippen LogP contribution in [0.4, 0.5) is 5.00 Å².